The lowest BCUT2D eigenvalue weighted by molar-refractivity contribution is 0.590. The minimum absolute atomic E-state index is 0.0562. The maximum absolute atomic E-state index is 3.98. The summed E-state index contributed by atoms with van der Waals surface area (Å²) >= 11 is 0. The Bertz CT molecular complexity index is 2470. The molecule has 0 amide bonds. The molecule has 0 aromatic heterocycles. The number of nitrogens with zero attached hydrogens (tertiary/aromatic N) is 1. The van der Waals surface area contributed by atoms with Crippen molar-refractivity contribution in [1.82, 2.24) is 0 Å². The number of anilines is 3. The van der Waals surface area contributed by atoms with Crippen molar-refractivity contribution < 1.29 is 0 Å². The van der Waals surface area contributed by atoms with E-state index in [1.165, 1.54) is 83.2 Å². The molecule has 1 nitrogen and oxygen atoms in total. The Labute approximate surface area is 340 Å². The number of hydrogen-bond donors (Lipinski definition) is 0. The molecule has 2 aliphatic rings. The first-order valence-corrected chi connectivity index (χ1v) is 20.3. The Morgan fingerprint density at radius 1 is 0.421 bits per heavy atom. The lowest BCUT2D eigenvalue weighted by Crippen LogP contribution is -2.65. The van der Waals surface area contributed by atoms with Crippen LogP contribution in [0.5, 0.6) is 0 Å². The molecular weight excluding hydrogens is 684 g/mol. The predicted molar refractivity (Wildman–Crippen MR) is 252 cm³/mol. The summed E-state index contributed by atoms with van der Waals surface area (Å²) in [7, 11) is 0. The molecule has 0 aliphatic carbocycles. The van der Waals surface area contributed by atoms with Gasteiger partial charge in [0, 0.05) is 17.1 Å². The Morgan fingerprint density at radius 3 is 1.14 bits per heavy atom. The maximum atomic E-state index is 3.98. The smallest absolute Gasteiger partial charge is 0.246 e. The predicted octanol–water partition coefficient (Wildman–Crippen LogP) is 10.0. The third-order valence-electron chi connectivity index (χ3n) is 12.3. The van der Waals surface area contributed by atoms with Crippen LogP contribution in [-0.2, 0) is 10.8 Å². The van der Waals surface area contributed by atoms with E-state index >= 15 is 0 Å². The van der Waals surface area contributed by atoms with Crippen molar-refractivity contribution in [3.05, 3.63) is 187 Å². The van der Waals surface area contributed by atoms with Gasteiger partial charge in [-0.05, 0) is 89.3 Å². The molecule has 57 heavy (non-hydrogen) atoms. The van der Waals surface area contributed by atoms with E-state index in [9.17, 15) is 0 Å². The zero-order valence-electron chi connectivity index (χ0n) is 34.1. The van der Waals surface area contributed by atoms with Gasteiger partial charge in [-0.25, -0.2) is 0 Å². The van der Waals surface area contributed by atoms with E-state index in [-0.39, 0.29) is 24.3 Å². The van der Waals surface area contributed by atoms with Crippen LogP contribution in [0.2, 0.25) is 0 Å². The first kappa shape index (κ1) is 36.6. The average molecular weight is 734 g/mol. The first-order chi connectivity index (χ1) is 27.4. The van der Waals surface area contributed by atoms with Gasteiger partial charge in [0.1, 0.15) is 0 Å². The minimum atomic E-state index is 0.0562. The molecule has 0 spiro atoms. The average Bonchev–Trinajstić information content (AvgIpc) is 3.22. The molecule has 0 atom stereocenters. The van der Waals surface area contributed by atoms with Crippen molar-refractivity contribution in [3.8, 4) is 22.3 Å². The van der Waals surface area contributed by atoms with Crippen LogP contribution in [0.25, 0.3) is 34.4 Å². The molecule has 0 saturated carbocycles. The highest BCUT2D eigenvalue weighted by Crippen LogP contribution is 2.40. The van der Waals surface area contributed by atoms with Gasteiger partial charge in [0.25, 0.3) is 0 Å². The van der Waals surface area contributed by atoms with Crippen LogP contribution in [0, 0.1) is 0 Å². The fraction of sp³-hybridized carbons (Fsp3) is 0.148. The zero-order chi connectivity index (χ0) is 39.6. The van der Waals surface area contributed by atoms with Gasteiger partial charge in [-0.15, -0.1) is 0 Å². The molecule has 0 saturated heterocycles. The van der Waals surface area contributed by atoms with E-state index in [1.807, 2.05) is 12.2 Å². The van der Waals surface area contributed by atoms with Gasteiger partial charge in [0.05, 0.1) is 0 Å². The largest absolute Gasteiger partial charge is 0.313 e. The maximum Gasteiger partial charge on any atom is 0.246 e. The van der Waals surface area contributed by atoms with E-state index < -0.39 is 0 Å². The Morgan fingerprint density at radius 2 is 0.789 bits per heavy atom. The molecule has 7 aromatic carbocycles. The van der Waals surface area contributed by atoms with E-state index in [0.29, 0.717) is 0 Å². The lowest BCUT2D eigenvalue weighted by Gasteiger charge is -2.44. The second kappa shape index (κ2) is 13.9. The molecule has 0 N–H and O–H groups in total. The van der Waals surface area contributed by atoms with Gasteiger partial charge in [-0.2, -0.15) is 0 Å². The van der Waals surface area contributed by atoms with Gasteiger partial charge < -0.3 is 4.90 Å². The summed E-state index contributed by atoms with van der Waals surface area (Å²) in [4.78, 5) is 2.57. The zero-order valence-corrected chi connectivity index (χ0v) is 34.1. The second-order valence-electron chi connectivity index (χ2n) is 17.9. The Balaban J connectivity index is 1.30. The number of para-hydroxylation sites is 1. The summed E-state index contributed by atoms with van der Waals surface area (Å²) in [6, 6.07) is 57.6. The van der Waals surface area contributed by atoms with E-state index in [4.69, 9.17) is 0 Å². The summed E-state index contributed by atoms with van der Waals surface area (Å²) in [6.45, 7) is 21.8. The van der Waals surface area contributed by atoms with Crippen LogP contribution in [0.1, 0.15) is 63.8 Å². The number of rotatable bonds is 6. The van der Waals surface area contributed by atoms with Crippen LogP contribution < -0.4 is 37.7 Å². The van der Waals surface area contributed by atoms with Gasteiger partial charge in [0.15, 0.2) is 0 Å². The third kappa shape index (κ3) is 6.40. The fourth-order valence-corrected chi connectivity index (χ4v) is 9.04. The van der Waals surface area contributed by atoms with Crippen molar-refractivity contribution >= 4 is 75.4 Å². The lowest BCUT2D eigenvalue weighted by atomic mass is 9.30. The van der Waals surface area contributed by atoms with Gasteiger partial charge >= 0.3 is 0 Å². The highest BCUT2D eigenvalue weighted by molar-refractivity contribution is 7.02. The number of hydrogen-bond acceptors (Lipinski definition) is 1. The molecule has 3 heteroatoms. The van der Waals surface area contributed by atoms with Gasteiger partial charge in [-0.1, -0.05) is 217 Å². The highest BCUT2D eigenvalue weighted by atomic mass is 15.2. The quantitative estimate of drug-likeness (QED) is 0.154. The molecule has 0 fully saturated rings. The standard InChI is InChI=1S/C54H49B2N/c1-9-36-14-18-38(19-15-36)40-22-32-50-48(34-40)55(44-28-24-42(25-29-44)53(3,4)5)46-12-11-13-47-52(46)57(50)51-33-23-41(39-20-16-37(10-2)17-21-39)35-49(51)56(47)45-30-26-43(27-31-45)54(6,7)8/h9-35H,1-2H2,3-8H3. The molecule has 2 heterocycles. The van der Waals surface area contributed by atoms with Crippen molar-refractivity contribution in [2.45, 2.75) is 52.4 Å². The van der Waals surface area contributed by atoms with Crippen molar-refractivity contribution in [3.63, 3.8) is 0 Å². The van der Waals surface area contributed by atoms with Crippen LogP contribution in [-0.4, -0.2) is 13.4 Å². The normalized spacial score (nSPS) is 13.1. The molecule has 276 valence electrons. The minimum Gasteiger partial charge on any atom is -0.313 e. The van der Waals surface area contributed by atoms with Crippen LogP contribution in [0.15, 0.2) is 165 Å². The number of fused-ring (bicyclic) bond motifs is 4. The summed E-state index contributed by atoms with van der Waals surface area (Å²) in [5, 5.41) is 0. The summed E-state index contributed by atoms with van der Waals surface area (Å²) < 4.78 is 0. The first-order valence-electron chi connectivity index (χ1n) is 20.3. The molecule has 0 bridgehead atoms. The molecule has 0 unspecified atom stereocenters. The van der Waals surface area contributed by atoms with Crippen LogP contribution in [0.3, 0.4) is 0 Å². The Hall–Kier alpha value is -6.05. The molecular formula is C54H49B2N. The molecule has 0 radical (unpaired) electrons. The highest BCUT2D eigenvalue weighted by Gasteiger charge is 2.43. The van der Waals surface area contributed by atoms with Crippen molar-refractivity contribution in [2.24, 2.45) is 0 Å². The molecule has 2 aliphatic heterocycles. The number of benzene rings is 7. The van der Waals surface area contributed by atoms with Gasteiger partial charge in [-0.3, -0.25) is 0 Å². The third-order valence-corrected chi connectivity index (χ3v) is 12.3. The van der Waals surface area contributed by atoms with Crippen molar-refractivity contribution in [2.75, 3.05) is 4.90 Å². The second-order valence-corrected chi connectivity index (χ2v) is 17.9. The monoisotopic (exact) mass is 733 g/mol. The fourth-order valence-electron chi connectivity index (χ4n) is 9.04. The van der Waals surface area contributed by atoms with Crippen LogP contribution >= 0.6 is 0 Å². The molecule has 9 rings (SSSR count). The topological polar surface area (TPSA) is 3.24 Å². The Kier molecular flexibility index (Phi) is 8.89. The summed E-state index contributed by atoms with van der Waals surface area (Å²) in [6.07, 6.45) is 3.81. The van der Waals surface area contributed by atoms with Crippen LogP contribution in [0.4, 0.5) is 17.1 Å². The SMILES string of the molecule is C=Cc1ccc(-c2ccc3c(c2)B(c2ccc(C(C)(C)C)cc2)c2cccc4c2N3c2ccc(-c3ccc(C=C)cc3)cc2B4c2ccc(C(C)(C)C)cc2)cc1. The van der Waals surface area contributed by atoms with Gasteiger partial charge in [0.2, 0.25) is 13.4 Å². The summed E-state index contributed by atoms with van der Waals surface area (Å²) in [5.41, 5.74) is 21.6. The van der Waals surface area contributed by atoms with E-state index in [2.05, 4.69) is 211 Å². The van der Waals surface area contributed by atoms with E-state index in [0.717, 1.165) is 11.1 Å². The summed E-state index contributed by atoms with van der Waals surface area (Å²) in [5.74, 6) is 0. The van der Waals surface area contributed by atoms with Crippen molar-refractivity contribution in [1.29, 1.82) is 0 Å². The molecule has 7 aromatic rings. The van der Waals surface area contributed by atoms with E-state index in [1.54, 1.807) is 0 Å².